The average Bonchev–Trinajstić information content (AvgIpc) is 3.01. The van der Waals surface area contributed by atoms with Crippen molar-refractivity contribution in [1.82, 2.24) is 24.7 Å². The monoisotopic (exact) mass is 353 g/mol. The van der Waals surface area contributed by atoms with Crippen molar-refractivity contribution in [3.8, 4) is 0 Å². The summed E-state index contributed by atoms with van der Waals surface area (Å²) in [6.45, 7) is 0.317. The molecule has 0 aromatic carbocycles. The lowest BCUT2D eigenvalue weighted by molar-refractivity contribution is 0.503. The quantitative estimate of drug-likeness (QED) is 0.672. The van der Waals surface area contributed by atoms with Gasteiger partial charge in [0, 0.05) is 12.4 Å². The number of aromatic nitrogens is 5. The second-order valence-corrected chi connectivity index (χ2v) is 6.14. The molecule has 0 N–H and O–H groups in total. The van der Waals surface area contributed by atoms with Gasteiger partial charge >= 0.3 is 0 Å². The molecule has 3 rings (SSSR count). The van der Waals surface area contributed by atoms with Gasteiger partial charge in [-0.2, -0.15) is 5.10 Å². The first-order valence-corrected chi connectivity index (χ1v) is 7.47. The molecule has 0 aliphatic carbocycles. The van der Waals surface area contributed by atoms with Crippen molar-refractivity contribution in [1.29, 1.82) is 0 Å². The molecule has 3 aromatic heterocycles. The summed E-state index contributed by atoms with van der Waals surface area (Å²) in [4.78, 5) is 11.6. The van der Waals surface area contributed by atoms with Crippen LogP contribution in [0.1, 0.15) is 11.4 Å². The van der Waals surface area contributed by atoms with E-state index in [2.05, 4.69) is 20.1 Å². The zero-order valence-corrected chi connectivity index (χ0v) is 13.5. The molecule has 0 atom stereocenters. The van der Waals surface area contributed by atoms with Crippen LogP contribution in [-0.4, -0.2) is 24.7 Å². The molecule has 0 radical (unpaired) electrons. The number of rotatable bonds is 4. The molecule has 0 amide bonds. The summed E-state index contributed by atoms with van der Waals surface area (Å²) in [6, 6.07) is 7.00. The zero-order chi connectivity index (χ0) is 15.6. The van der Waals surface area contributed by atoms with Crippen LogP contribution >= 0.6 is 34.8 Å². The van der Waals surface area contributed by atoms with Crippen LogP contribution in [0.5, 0.6) is 0 Å². The highest BCUT2D eigenvalue weighted by Gasteiger charge is 2.36. The van der Waals surface area contributed by atoms with Crippen LogP contribution in [0.4, 0.5) is 0 Å². The molecular weight excluding hydrogens is 345 g/mol. The Morgan fingerprint density at radius 2 is 1.55 bits per heavy atom. The second kappa shape index (κ2) is 6.20. The molecule has 0 aliphatic rings. The van der Waals surface area contributed by atoms with Crippen molar-refractivity contribution < 1.29 is 0 Å². The minimum atomic E-state index is -1.01. The molecule has 22 heavy (non-hydrogen) atoms. The van der Waals surface area contributed by atoms with Crippen LogP contribution in [0.15, 0.2) is 49.3 Å². The maximum absolute atomic E-state index is 6.89. The fourth-order valence-corrected chi connectivity index (χ4v) is 2.62. The van der Waals surface area contributed by atoms with Crippen molar-refractivity contribution in [2.24, 2.45) is 0 Å². The predicted octanol–water partition coefficient (Wildman–Crippen LogP) is 3.56. The van der Waals surface area contributed by atoms with Gasteiger partial charge in [0.1, 0.15) is 17.5 Å². The Bertz CT molecular complexity index is 696. The third-order valence-electron chi connectivity index (χ3n) is 3.11. The lowest BCUT2D eigenvalue weighted by atomic mass is 9.98. The Morgan fingerprint density at radius 3 is 1.95 bits per heavy atom. The first-order chi connectivity index (χ1) is 10.6. The predicted molar refractivity (Wildman–Crippen MR) is 85.1 cm³/mol. The van der Waals surface area contributed by atoms with Crippen LogP contribution in [-0.2, 0) is 11.4 Å². The lowest BCUT2D eigenvalue weighted by Crippen LogP contribution is -2.29. The summed E-state index contributed by atoms with van der Waals surface area (Å²) in [6.07, 6.45) is 6.13. The fourth-order valence-electron chi connectivity index (χ4n) is 2.05. The molecule has 0 unspecified atom stereocenters. The van der Waals surface area contributed by atoms with E-state index >= 15 is 0 Å². The van der Waals surface area contributed by atoms with Crippen molar-refractivity contribution in [3.05, 3.63) is 70.7 Å². The van der Waals surface area contributed by atoms with E-state index in [1.54, 1.807) is 47.7 Å². The number of hydrogen-bond acceptors (Lipinski definition) is 4. The Morgan fingerprint density at radius 1 is 0.955 bits per heavy atom. The molecule has 0 saturated carbocycles. The number of nitrogens with zero attached hydrogens (tertiary/aromatic N) is 5. The lowest BCUT2D eigenvalue weighted by Gasteiger charge is -2.26. The summed E-state index contributed by atoms with van der Waals surface area (Å²) >= 11 is 18.7. The Labute approximate surface area is 141 Å². The minimum absolute atomic E-state index is 0.317. The summed E-state index contributed by atoms with van der Waals surface area (Å²) < 4.78 is 1.62. The SMILES string of the molecule is Clc1ccc(C(Cl)(Cn2cncn2)c2ccc(Cl)cn2)nc1. The van der Waals surface area contributed by atoms with Crippen molar-refractivity contribution in [3.63, 3.8) is 0 Å². The second-order valence-electron chi connectivity index (χ2n) is 4.62. The first-order valence-electron chi connectivity index (χ1n) is 6.33. The Balaban J connectivity index is 2.08. The van der Waals surface area contributed by atoms with Crippen LogP contribution in [0.3, 0.4) is 0 Å². The van der Waals surface area contributed by atoms with E-state index in [0.717, 1.165) is 0 Å². The molecule has 0 aliphatic heterocycles. The number of hydrogen-bond donors (Lipinski definition) is 0. The highest BCUT2D eigenvalue weighted by molar-refractivity contribution is 6.31. The van der Waals surface area contributed by atoms with Gasteiger partial charge in [0.25, 0.3) is 0 Å². The summed E-state index contributed by atoms with van der Waals surface area (Å²) in [5.41, 5.74) is 1.23. The fraction of sp³-hybridized carbons (Fsp3) is 0.143. The Kier molecular flexibility index (Phi) is 4.29. The van der Waals surface area contributed by atoms with E-state index < -0.39 is 4.87 Å². The van der Waals surface area contributed by atoms with Crippen LogP contribution < -0.4 is 0 Å². The molecule has 0 fully saturated rings. The minimum Gasteiger partial charge on any atom is -0.257 e. The van der Waals surface area contributed by atoms with E-state index in [4.69, 9.17) is 34.8 Å². The molecule has 8 heteroatoms. The maximum Gasteiger partial charge on any atom is 0.148 e. The highest BCUT2D eigenvalue weighted by atomic mass is 35.5. The molecule has 3 aromatic rings. The normalized spacial score (nSPS) is 11.6. The van der Waals surface area contributed by atoms with Gasteiger partial charge in [-0.3, -0.25) is 14.6 Å². The van der Waals surface area contributed by atoms with Gasteiger partial charge in [0.05, 0.1) is 28.0 Å². The highest BCUT2D eigenvalue weighted by Crippen LogP contribution is 2.36. The summed E-state index contributed by atoms with van der Waals surface area (Å²) in [5.74, 6) is 0. The van der Waals surface area contributed by atoms with Crippen LogP contribution in [0, 0.1) is 0 Å². The van der Waals surface area contributed by atoms with E-state index in [1.165, 1.54) is 6.33 Å². The van der Waals surface area contributed by atoms with Gasteiger partial charge < -0.3 is 0 Å². The summed E-state index contributed by atoms with van der Waals surface area (Å²) in [7, 11) is 0. The van der Waals surface area contributed by atoms with Crippen LogP contribution in [0.2, 0.25) is 10.0 Å². The largest absolute Gasteiger partial charge is 0.257 e. The van der Waals surface area contributed by atoms with Gasteiger partial charge in [-0.1, -0.05) is 23.2 Å². The molecule has 112 valence electrons. The van der Waals surface area contributed by atoms with Crippen molar-refractivity contribution in [2.75, 3.05) is 0 Å². The van der Waals surface area contributed by atoms with Gasteiger partial charge in [-0.05, 0) is 24.3 Å². The van der Waals surface area contributed by atoms with Crippen LogP contribution in [0.25, 0.3) is 0 Å². The van der Waals surface area contributed by atoms with E-state index in [1.807, 2.05) is 0 Å². The maximum atomic E-state index is 6.89. The standard InChI is InChI=1S/C14H10Cl3N5/c15-10-1-3-12(19-5-10)14(17,7-22-9-18-8-21-22)13-4-2-11(16)6-20-13/h1-6,8-9H,7H2. The van der Waals surface area contributed by atoms with Gasteiger partial charge in [-0.25, -0.2) is 4.98 Å². The van der Waals surface area contributed by atoms with Gasteiger partial charge in [0.15, 0.2) is 0 Å². The van der Waals surface area contributed by atoms with E-state index in [0.29, 0.717) is 28.0 Å². The van der Waals surface area contributed by atoms with Crippen molar-refractivity contribution in [2.45, 2.75) is 11.4 Å². The first kappa shape index (κ1) is 15.2. The number of alkyl halides is 1. The number of pyridine rings is 2. The smallest absolute Gasteiger partial charge is 0.148 e. The zero-order valence-electron chi connectivity index (χ0n) is 11.2. The third kappa shape index (κ3) is 3.06. The van der Waals surface area contributed by atoms with Crippen molar-refractivity contribution >= 4 is 34.8 Å². The van der Waals surface area contributed by atoms with Gasteiger partial charge in [0.2, 0.25) is 0 Å². The Hall–Kier alpha value is -1.69. The summed E-state index contributed by atoms with van der Waals surface area (Å²) in [5, 5.41) is 5.17. The molecule has 5 nitrogen and oxygen atoms in total. The molecule has 0 bridgehead atoms. The molecule has 3 heterocycles. The third-order valence-corrected chi connectivity index (χ3v) is 4.07. The molecule has 0 spiro atoms. The topological polar surface area (TPSA) is 56.5 Å². The number of halogens is 3. The van der Waals surface area contributed by atoms with E-state index in [9.17, 15) is 0 Å². The molecule has 0 saturated heterocycles. The van der Waals surface area contributed by atoms with E-state index in [-0.39, 0.29) is 0 Å². The average molecular weight is 355 g/mol. The molecular formula is C14H10Cl3N5. The van der Waals surface area contributed by atoms with Gasteiger partial charge in [-0.15, -0.1) is 11.6 Å².